The van der Waals surface area contributed by atoms with E-state index in [2.05, 4.69) is 20.4 Å². The SMILES string of the molecule is C=C1CC23CCC4C(C)(COCOC=O)CCCC4(C)C2CCC1C3. The lowest BCUT2D eigenvalue weighted by Gasteiger charge is -2.64. The van der Waals surface area contributed by atoms with Gasteiger partial charge in [0.15, 0.2) is 6.79 Å². The van der Waals surface area contributed by atoms with Gasteiger partial charge < -0.3 is 9.47 Å². The van der Waals surface area contributed by atoms with Crippen molar-refractivity contribution in [2.24, 2.45) is 34.0 Å². The van der Waals surface area contributed by atoms with Crippen LogP contribution in [0, 0.1) is 34.0 Å². The van der Waals surface area contributed by atoms with Crippen molar-refractivity contribution in [2.45, 2.75) is 71.6 Å². The van der Waals surface area contributed by atoms with Gasteiger partial charge in [0.2, 0.25) is 0 Å². The molecule has 4 aliphatic rings. The van der Waals surface area contributed by atoms with Gasteiger partial charge in [-0.1, -0.05) is 32.4 Å². The summed E-state index contributed by atoms with van der Waals surface area (Å²) in [6.07, 6.45) is 12.1. The van der Waals surface area contributed by atoms with E-state index in [1.807, 2.05) is 0 Å². The number of carbonyl (C=O) groups is 1. The molecule has 0 aromatic rings. The molecule has 4 aliphatic carbocycles. The highest BCUT2D eigenvalue weighted by Gasteiger charge is 2.63. The van der Waals surface area contributed by atoms with Crippen LogP contribution in [0.15, 0.2) is 12.2 Å². The van der Waals surface area contributed by atoms with Gasteiger partial charge in [0.25, 0.3) is 6.47 Å². The molecule has 3 nitrogen and oxygen atoms in total. The summed E-state index contributed by atoms with van der Waals surface area (Å²) in [5.74, 6) is 2.40. The highest BCUT2D eigenvalue weighted by molar-refractivity contribution is 5.36. The van der Waals surface area contributed by atoms with Crippen molar-refractivity contribution in [3.8, 4) is 0 Å². The molecule has 0 heterocycles. The van der Waals surface area contributed by atoms with E-state index < -0.39 is 0 Å². The van der Waals surface area contributed by atoms with E-state index in [4.69, 9.17) is 9.47 Å². The molecule has 6 atom stereocenters. The lowest BCUT2D eigenvalue weighted by molar-refractivity contribution is -0.177. The number of carbonyl (C=O) groups excluding carboxylic acids is 1. The Morgan fingerprint density at radius 2 is 2.00 bits per heavy atom. The van der Waals surface area contributed by atoms with Crippen LogP contribution in [0.1, 0.15) is 71.6 Å². The van der Waals surface area contributed by atoms with Crippen LogP contribution in [0.2, 0.25) is 0 Å². The van der Waals surface area contributed by atoms with Gasteiger partial charge >= 0.3 is 0 Å². The Balaban J connectivity index is 1.57. The van der Waals surface area contributed by atoms with Gasteiger partial charge in [-0.15, -0.1) is 0 Å². The minimum atomic E-state index is 0.0946. The Morgan fingerprint density at radius 3 is 2.80 bits per heavy atom. The van der Waals surface area contributed by atoms with Gasteiger partial charge in [-0.05, 0) is 85.4 Å². The van der Waals surface area contributed by atoms with Crippen molar-refractivity contribution in [3.63, 3.8) is 0 Å². The van der Waals surface area contributed by atoms with E-state index in [0.29, 0.717) is 17.3 Å². The van der Waals surface area contributed by atoms with E-state index in [1.54, 1.807) is 5.57 Å². The average Bonchev–Trinajstić information content (AvgIpc) is 2.80. The number of fused-ring (bicyclic) bond motifs is 3. The zero-order chi connectivity index (χ0) is 17.7. The molecule has 4 saturated carbocycles. The van der Waals surface area contributed by atoms with Crippen LogP contribution in [0.4, 0.5) is 0 Å². The zero-order valence-electron chi connectivity index (χ0n) is 16.0. The minimum absolute atomic E-state index is 0.0946. The highest BCUT2D eigenvalue weighted by atomic mass is 16.7. The molecule has 4 rings (SSSR count). The number of hydrogen-bond donors (Lipinski definition) is 0. The van der Waals surface area contributed by atoms with E-state index in [9.17, 15) is 4.79 Å². The maximum Gasteiger partial charge on any atom is 0.295 e. The molecule has 1 spiro atoms. The van der Waals surface area contributed by atoms with Gasteiger partial charge in [0, 0.05) is 0 Å². The molecule has 0 N–H and O–H groups in total. The molecular weight excluding hydrogens is 312 g/mol. The molecule has 140 valence electrons. The third kappa shape index (κ3) is 2.60. The second-order valence-corrected chi connectivity index (χ2v) is 10.1. The standard InChI is InChI=1S/C22H34O3/c1-16-11-22-10-7-18-20(2,13-24-15-25-14-23)8-4-9-21(18,3)19(22)6-5-17(16)12-22/h14,17-19H,1,4-13,15H2,2-3H3. The van der Waals surface area contributed by atoms with Crippen molar-refractivity contribution in [2.75, 3.05) is 13.4 Å². The first kappa shape index (κ1) is 17.6. The molecule has 0 aromatic carbocycles. The fourth-order valence-electron chi connectivity index (χ4n) is 8.01. The molecule has 2 bridgehead atoms. The second-order valence-electron chi connectivity index (χ2n) is 10.1. The van der Waals surface area contributed by atoms with Crippen LogP contribution in [-0.2, 0) is 14.3 Å². The number of hydrogen-bond acceptors (Lipinski definition) is 3. The molecular formula is C22H34O3. The van der Waals surface area contributed by atoms with E-state index in [0.717, 1.165) is 24.4 Å². The van der Waals surface area contributed by atoms with E-state index >= 15 is 0 Å². The summed E-state index contributed by atoms with van der Waals surface area (Å²) in [6.45, 7) is 10.7. The van der Waals surface area contributed by atoms with Crippen molar-refractivity contribution in [1.82, 2.24) is 0 Å². The molecule has 0 aromatic heterocycles. The lowest BCUT2D eigenvalue weighted by atomic mass is 9.41. The smallest absolute Gasteiger partial charge is 0.295 e. The third-order valence-corrected chi connectivity index (χ3v) is 8.83. The van der Waals surface area contributed by atoms with Crippen LogP contribution in [0.25, 0.3) is 0 Å². The predicted molar refractivity (Wildman–Crippen MR) is 97.8 cm³/mol. The van der Waals surface area contributed by atoms with Crippen LogP contribution >= 0.6 is 0 Å². The normalized spacial score (nSPS) is 48.6. The predicted octanol–water partition coefficient (Wildman–Crippen LogP) is 5.10. The highest BCUT2D eigenvalue weighted by Crippen LogP contribution is 2.72. The lowest BCUT2D eigenvalue weighted by Crippen LogP contribution is -2.57. The van der Waals surface area contributed by atoms with Gasteiger partial charge in [0.05, 0.1) is 6.61 Å². The maximum absolute atomic E-state index is 10.4. The molecule has 0 radical (unpaired) electrons. The summed E-state index contributed by atoms with van der Waals surface area (Å²) >= 11 is 0. The summed E-state index contributed by atoms with van der Waals surface area (Å²) in [5.41, 5.74) is 2.77. The van der Waals surface area contributed by atoms with Crippen LogP contribution in [0.5, 0.6) is 0 Å². The summed E-state index contributed by atoms with van der Waals surface area (Å²) in [5, 5.41) is 0. The minimum Gasteiger partial charge on any atom is -0.441 e. The number of ether oxygens (including phenoxy) is 2. The van der Waals surface area contributed by atoms with E-state index in [1.165, 1.54) is 57.8 Å². The van der Waals surface area contributed by atoms with Gasteiger partial charge in [-0.25, -0.2) is 0 Å². The quantitative estimate of drug-likeness (QED) is 0.301. The van der Waals surface area contributed by atoms with Crippen molar-refractivity contribution >= 4 is 6.47 Å². The second kappa shape index (κ2) is 6.11. The Labute approximate surface area is 152 Å². The zero-order valence-corrected chi connectivity index (χ0v) is 16.0. The van der Waals surface area contributed by atoms with Gasteiger partial charge in [0.1, 0.15) is 0 Å². The first-order valence-corrected chi connectivity index (χ1v) is 10.2. The summed E-state index contributed by atoms with van der Waals surface area (Å²) in [6, 6.07) is 0. The van der Waals surface area contributed by atoms with Crippen LogP contribution < -0.4 is 0 Å². The Morgan fingerprint density at radius 1 is 1.16 bits per heavy atom. The Kier molecular flexibility index (Phi) is 4.30. The van der Waals surface area contributed by atoms with Crippen LogP contribution in [-0.4, -0.2) is 19.9 Å². The molecule has 0 saturated heterocycles. The van der Waals surface area contributed by atoms with E-state index in [-0.39, 0.29) is 12.2 Å². The topological polar surface area (TPSA) is 35.5 Å². The first-order chi connectivity index (χ1) is 11.9. The monoisotopic (exact) mass is 346 g/mol. The van der Waals surface area contributed by atoms with Gasteiger partial charge in [-0.3, -0.25) is 4.79 Å². The summed E-state index contributed by atoms with van der Waals surface area (Å²) in [7, 11) is 0. The summed E-state index contributed by atoms with van der Waals surface area (Å²) in [4.78, 5) is 10.4. The molecule has 25 heavy (non-hydrogen) atoms. The number of allylic oxidation sites excluding steroid dienone is 1. The van der Waals surface area contributed by atoms with Crippen molar-refractivity contribution < 1.29 is 14.3 Å². The number of rotatable bonds is 5. The molecule has 6 unspecified atom stereocenters. The average molecular weight is 347 g/mol. The Hall–Kier alpha value is -0.830. The molecule has 0 amide bonds. The molecule has 0 aliphatic heterocycles. The van der Waals surface area contributed by atoms with Crippen LogP contribution in [0.3, 0.4) is 0 Å². The van der Waals surface area contributed by atoms with Crippen molar-refractivity contribution in [1.29, 1.82) is 0 Å². The van der Waals surface area contributed by atoms with Gasteiger partial charge in [-0.2, -0.15) is 0 Å². The third-order valence-electron chi connectivity index (χ3n) is 8.83. The first-order valence-electron chi connectivity index (χ1n) is 10.2. The van der Waals surface area contributed by atoms with Crippen molar-refractivity contribution in [3.05, 3.63) is 12.2 Å². The fraction of sp³-hybridized carbons (Fsp3) is 0.864. The molecule has 3 heteroatoms. The Bertz CT molecular complexity index is 557. The molecule has 4 fully saturated rings. The largest absolute Gasteiger partial charge is 0.441 e. The summed E-state index contributed by atoms with van der Waals surface area (Å²) < 4.78 is 10.5. The fourth-order valence-corrected chi connectivity index (χ4v) is 8.01. The maximum atomic E-state index is 10.4.